The summed E-state index contributed by atoms with van der Waals surface area (Å²) in [5.74, 6) is -0.0202. The van der Waals surface area contributed by atoms with Crippen LogP contribution in [0.5, 0.6) is 11.6 Å². The Bertz CT molecular complexity index is 1150. The fourth-order valence-corrected chi connectivity index (χ4v) is 3.91. The van der Waals surface area contributed by atoms with Crippen molar-refractivity contribution in [2.45, 2.75) is 12.6 Å². The van der Waals surface area contributed by atoms with Crippen molar-refractivity contribution in [2.24, 2.45) is 0 Å². The topological polar surface area (TPSA) is 84.0 Å². The van der Waals surface area contributed by atoms with E-state index in [2.05, 4.69) is 15.2 Å². The number of benzene rings is 2. The van der Waals surface area contributed by atoms with Crippen LogP contribution in [0.15, 0.2) is 72.9 Å². The van der Waals surface area contributed by atoms with Gasteiger partial charge in [-0.25, -0.2) is 4.98 Å². The van der Waals surface area contributed by atoms with E-state index in [1.165, 1.54) is 6.20 Å². The molecule has 0 aliphatic carbocycles. The minimum absolute atomic E-state index is 0.0411. The molecule has 1 aliphatic rings. The minimum atomic E-state index is -0.854. The maximum atomic E-state index is 13.4. The largest absolute Gasteiger partial charge is 0.438 e. The monoisotopic (exact) mass is 508 g/mol. The van der Waals surface area contributed by atoms with Crippen LogP contribution >= 0.6 is 11.6 Å². The van der Waals surface area contributed by atoms with Crippen molar-refractivity contribution in [3.8, 4) is 11.6 Å². The highest BCUT2D eigenvalue weighted by Gasteiger charge is 2.29. The quantitative estimate of drug-likeness (QED) is 0.475. The lowest BCUT2D eigenvalue weighted by Gasteiger charge is -2.34. The molecule has 0 spiro atoms. The van der Waals surface area contributed by atoms with Gasteiger partial charge in [-0.15, -0.1) is 0 Å². The molecule has 0 unspecified atom stereocenters. The van der Waals surface area contributed by atoms with Gasteiger partial charge in [0, 0.05) is 37.4 Å². The average molecular weight is 509 g/mol. The number of likely N-dealkylation sites (N-methyl/N-ethyl adjacent to an activating group) is 1. The number of amides is 2. The van der Waals surface area contributed by atoms with E-state index in [4.69, 9.17) is 21.1 Å². The molecule has 1 fully saturated rings. The lowest BCUT2D eigenvalue weighted by molar-refractivity contribution is -0.136. The zero-order valence-electron chi connectivity index (χ0n) is 20.1. The Kier molecular flexibility index (Phi) is 8.89. The van der Waals surface area contributed by atoms with Crippen LogP contribution in [-0.4, -0.2) is 72.5 Å². The number of nitrogens with zero attached hydrogens (tertiary/aromatic N) is 3. The number of hydrogen-bond acceptors (Lipinski definition) is 6. The first kappa shape index (κ1) is 25.6. The molecule has 8 nitrogen and oxygen atoms in total. The molecule has 2 aromatic carbocycles. The average Bonchev–Trinajstić information content (AvgIpc) is 2.90. The zero-order chi connectivity index (χ0) is 25.3. The Labute approximate surface area is 215 Å². The van der Waals surface area contributed by atoms with E-state index in [1.54, 1.807) is 41.3 Å². The molecule has 1 aromatic heterocycles. The summed E-state index contributed by atoms with van der Waals surface area (Å²) in [7, 11) is 2.02. The number of carbonyl (C=O) groups excluding carboxylic acids is 2. The van der Waals surface area contributed by atoms with Crippen molar-refractivity contribution in [2.75, 3.05) is 39.8 Å². The Morgan fingerprint density at radius 3 is 2.44 bits per heavy atom. The molecular weight excluding hydrogens is 480 g/mol. The predicted molar refractivity (Wildman–Crippen MR) is 137 cm³/mol. The molecule has 1 atom stereocenters. The summed E-state index contributed by atoms with van der Waals surface area (Å²) in [6.07, 6.45) is 1.54. The van der Waals surface area contributed by atoms with E-state index in [9.17, 15) is 9.59 Å². The lowest BCUT2D eigenvalue weighted by atomic mass is 10.2. The SMILES string of the molecule is CN1CCN(C(=O)[C@@H](COCc2ccccc2)NC(=O)c2cccnc2Oc2ccc(Cl)cc2)CC1. The summed E-state index contributed by atoms with van der Waals surface area (Å²) >= 11 is 5.95. The van der Waals surface area contributed by atoms with E-state index < -0.39 is 11.9 Å². The standard InChI is InChI=1S/C27H29ClN4O4/c1-31-14-16-32(17-15-31)27(34)24(19-35-18-20-6-3-2-4-7-20)30-25(33)23-8-5-13-29-26(23)36-22-11-9-21(28)10-12-22/h2-13,24H,14-19H2,1H3,(H,30,33)/t24-/m1/s1. The molecular formula is C27H29ClN4O4. The molecule has 36 heavy (non-hydrogen) atoms. The summed E-state index contributed by atoms with van der Waals surface area (Å²) in [5.41, 5.74) is 1.20. The van der Waals surface area contributed by atoms with Crippen molar-refractivity contribution in [3.63, 3.8) is 0 Å². The highest BCUT2D eigenvalue weighted by Crippen LogP contribution is 2.24. The highest BCUT2D eigenvalue weighted by molar-refractivity contribution is 6.30. The van der Waals surface area contributed by atoms with Crippen LogP contribution < -0.4 is 10.1 Å². The summed E-state index contributed by atoms with van der Waals surface area (Å²) in [6, 6.07) is 18.8. The lowest BCUT2D eigenvalue weighted by Crippen LogP contribution is -2.55. The molecule has 1 aliphatic heterocycles. The smallest absolute Gasteiger partial charge is 0.257 e. The van der Waals surface area contributed by atoms with Gasteiger partial charge < -0.3 is 24.6 Å². The second-order valence-electron chi connectivity index (χ2n) is 8.57. The van der Waals surface area contributed by atoms with E-state index in [-0.39, 0.29) is 24.0 Å². The Morgan fingerprint density at radius 1 is 1.00 bits per heavy atom. The van der Waals surface area contributed by atoms with Crippen LogP contribution in [0.1, 0.15) is 15.9 Å². The van der Waals surface area contributed by atoms with Gasteiger partial charge in [0.05, 0.1) is 13.2 Å². The van der Waals surface area contributed by atoms with Gasteiger partial charge in [0.15, 0.2) is 0 Å². The molecule has 0 bridgehead atoms. The molecule has 2 heterocycles. The van der Waals surface area contributed by atoms with Gasteiger partial charge in [-0.2, -0.15) is 0 Å². The van der Waals surface area contributed by atoms with E-state index in [0.717, 1.165) is 18.7 Å². The van der Waals surface area contributed by atoms with Gasteiger partial charge in [-0.1, -0.05) is 41.9 Å². The molecule has 4 rings (SSSR count). The van der Waals surface area contributed by atoms with Crippen LogP contribution in [0.4, 0.5) is 0 Å². The maximum absolute atomic E-state index is 13.4. The molecule has 0 saturated carbocycles. The van der Waals surface area contributed by atoms with E-state index in [0.29, 0.717) is 30.5 Å². The third-order valence-corrected chi connectivity index (χ3v) is 6.11. The van der Waals surface area contributed by atoms with Crippen LogP contribution in [-0.2, 0) is 16.1 Å². The summed E-state index contributed by atoms with van der Waals surface area (Å²) in [5, 5.41) is 3.42. The Hall–Kier alpha value is -3.46. The van der Waals surface area contributed by atoms with Gasteiger partial charge in [-0.05, 0) is 49.0 Å². The second-order valence-corrected chi connectivity index (χ2v) is 9.00. The number of rotatable bonds is 9. The number of halogens is 1. The molecule has 9 heteroatoms. The highest BCUT2D eigenvalue weighted by atomic mass is 35.5. The zero-order valence-corrected chi connectivity index (χ0v) is 20.9. The number of carbonyl (C=O) groups is 2. The third kappa shape index (κ3) is 7.04. The Balaban J connectivity index is 1.48. The van der Waals surface area contributed by atoms with Crippen LogP contribution in [0.3, 0.4) is 0 Å². The number of ether oxygens (including phenoxy) is 2. The number of nitrogens with one attached hydrogen (secondary N) is 1. The molecule has 3 aromatic rings. The van der Waals surface area contributed by atoms with Crippen molar-refractivity contribution < 1.29 is 19.1 Å². The van der Waals surface area contributed by atoms with Crippen molar-refractivity contribution >= 4 is 23.4 Å². The molecule has 1 N–H and O–H groups in total. The fourth-order valence-electron chi connectivity index (χ4n) is 3.79. The second kappa shape index (κ2) is 12.5. The van der Waals surface area contributed by atoms with Crippen LogP contribution in [0.25, 0.3) is 0 Å². The first-order chi connectivity index (χ1) is 17.5. The first-order valence-corrected chi connectivity index (χ1v) is 12.2. The molecule has 0 radical (unpaired) electrons. The van der Waals surface area contributed by atoms with E-state index >= 15 is 0 Å². The molecule has 188 valence electrons. The van der Waals surface area contributed by atoms with Gasteiger partial charge in [0.25, 0.3) is 5.91 Å². The Morgan fingerprint density at radius 2 is 1.72 bits per heavy atom. The number of pyridine rings is 1. The first-order valence-electron chi connectivity index (χ1n) is 11.8. The van der Waals surface area contributed by atoms with E-state index in [1.807, 2.05) is 37.4 Å². The summed E-state index contributed by atoms with van der Waals surface area (Å²) < 4.78 is 11.7. The minimum Gasteiger partial charge on any atom is -0.438 e. The predicted octanol–water partition coefficient (Wildman–Crippen LogP) is 3.62. The third-order valence-electron chi connectivity index (χ3n) is 5.86. The van der Waals surface area contributed by atoms with Gasteiger partial charge >= 0.3 is 0 Å². The van der Waals surface area contributed by atoms with Gasteiger partial charge in [-0.3, -0.25) is 9.59 Å². The maximum Gasteiger partial charge on any atom is 0.257 e. The number of piperazine rings is 1. The van der Waals surface area contributed by atoms with Gasteiger partial charge in [0.2, 0.25) is 11.8 Å². The summed E-state index contributed by atoms with van der Waals surface area (Å²) in [4.78, 5) is 34.8. The molecule has 1 saturated heterocycles. The van der Waals surface area contributed by atoms with Crippen molar-refractivity contribution in [3.05, 3.63) is 89.1 Å². The van der Waals surface area contributed by atoms with Crippen molar-refractivity contribution in [1.29, 1.82) is 0 Å². The molecule has 2 amide bonds. The number of hydrogen-bond donors (Lipinski definition) is 1. The normalized spacial score (nSPS) is 14.8. The van der Waals surface area contributed by atoms with Crippen LogP contribution in [0, 0.1) is 0 Å². The number of aromatic nitrogens is 1. The van der Waals surface area contributed by atoms with Gasteiger partial charge in [0.1, 0.15) is 17.4 Å². The fraction of sp³-hybridized carbons (Fsp3) is 0.296. The van der Waals surface area contributed by atoms with Crippen molar-refractivity contribution in [1.82, 2.24) is 20.1 Å². The summed E-state index contributed by atoms with van der Waals surface area (Å²) in [6.45, 7) is 3.12. The van der Waals surface area contributed by atoms with Crippen LogP contribution in [0.2, 0.25) is 5.02 Å².